The molecule has 0 saturated carbocycles. The number of benzene rings is 2. The quantitative estimate of drug-likeness (QED) is 0.565. The maximum atomic E-state index is 5.78. The fourth-order valence-electron chi connectivity index (χ4n) is 1.76. The number of halogens is 1. The molecule has 0 aromatic heterocycles. The minimum absolute atomic E-state index is 0.559. The SMILES string of the molecule is CN(CCl)Cc1cccc2ccccc12. The van der Waals surface area contributed by atoms with Crippen molar-refractivity contribution in [3.05, 3.63) is 48.0 Å². The molecule has 2 aromatic carbocycles. The van der Waals surface area contributed by atoms with E-state index >= 15 is 0 Å². The number of rotatable bonds is 3. The molecule has 1 nitrogen and oxygen atoms in total. The van der Waals surface area contributed by atoms with Gasteiger partial charge in [0.2, 0.25) is 0 Å². The van der Waals surface area contributed by atoms with Crippen LogP contribution in [0.3, 0.4) is 0 Å². The van der Waals surface area contributed by atoms with Crippen molar-refractivity contribution < 1.29 is 0 Å². The fraction of sp³-hybridized carbons (Fsp3) is 0.231. The Kier molecular flexibility index (Phi) is 3.24. The minimum atomic E-state index is 0.559. The molecule has 2 aromatic rings. The number of alkyl halides is 1. The standard InChI is InChI=1S/C13H14ClN/c1-15(10-14)9-12-7-4-6-11-5-2-3-8-13(11)12/h2-8H,9-10H2,1H3. The van der Waals surface area contributed by atoms with Crippen LogP contribution in [0.4, 0.5) is 0 Å². The van der Waals surface area contributed by atoms with E-state index in [0.717, 1.165) is 6.54 Å². The van der Waals surface area contributed by atoms with Gasteiger partial charge in [0.1, 0.15) is 0 Å². The number of nitrogens with zero attached hydrogens (tertiary/aromatic N) is 1. The molecular weight excluding hydrogens is 206 g/mol. The fourth-order valence-corrected chi connectivity index (χ4v) is 1.85. The molecule has 0 aliphatic carbocycles. The maximum absolute atomic E-state index is 5.78. The van der Waals surface area contributed by atoms with Crippen molar-refractivity contribution in [2.24, 2.45) is 0 Å². The second-order valence-corrected chi connectivity index (χ2v) is 4.01. The molecule has 0 saturated heterocycles. The summed E-state index contributed by atoms with van der Waals surface area (Å²) < 4.78 is 0. The van der Waals surface area contributed by atoms with E-state index in [0.29, 0.717) is 6.00 Å². The van der Waals surface area contributed by atoms with Gasteiger partial charge in [-0.15, -0.1) is 11.6 Å². The Labute approximate surface area is 95.3 Å². The van der Waals surface area contributed by atoms with E-state index in [1.807, 2.05) is 7.05 Å². The Bertz CT molecular complexity index is 448. The lowest BCUT2D eigenvalue weighted by Gasteiger charge is -2.14. The molecule has 0 N–H and O–H groups in total. The van der Waals surface area contributed by atoms with Gasteiger partial charge in [-0.2, -0.15) is 0 Å². The summed E-state index contributed by atoms with van der Waals surface area (Å²) in [5.74, 6) is 0. The highest BCUT2D eigenvalue weighted by atomic mass is 35.5. The third kappa shape index (κ3) is 2.31. The Morgan fingerprint density at radius 2 is 1.80 bits per heavy atom. The van der Waals surface area contributed by atoms with E-state index in [2.05, 4.69) is 47.4 Å². The van der Waals surface area contributed by atoms with Gasteiger partial charge in [-0.3, -0.25) is 4.90 Å². The molecule has 0 radical (unpaired) electrons. The van der Waals surface area contributed by atoms with Crippen LogP contribution in [0, 0.1) is 0 Å². The Morgan fingerprint density at radius 3 is 2.60 bits per heavy atom. The molecule has 78 valence electrons. The van der Waals surface area contributed by atoms with E-state index in [1.54, 1.807) is 0 Å². The highest BCUT2D eigenvalue weighted by Gasteiger charge is 2.02. The molecule has 0 heterocycles. The van der Waals surface area contributed by atoms with Crippen LogP contribution in [0.2, 0.25) is 0 Å². The van der Waals surface area contributed by atoms with Crippen LogP contribution < -0.4 is 0 Å². The lowest BCUT2D eigenvalue weighted by atomic mass is 10.0. The number of hydrogen-bond acceptors (Lipinski definition) is 1. The Balaban J connectivity index is 2.42. The maximum Gasteiger partial charge on any atom is 0.0738 e. The van der Waals surface area contributed by atoms with Gasteiger partial charge < -0.3 is 0 Å². The van der Waals surface area contributed by atoms with Crippen molar-refractivity contribution in [2.75, 3.05) is 13.1 Å². The van der Waals surface area contributed by atoms with Crippen LogP contribution in [0.25, 0.3) is 10.8 Å². The summed E-state index contributed by atoms with van der Waals surface area (Å²) in [6.45, 7) is 0.894. The lowest BCUT2D eigenvalue weighted by Crippen LogP contribution is -2.15. The zero-order valence-electron chi connectivity index (χ0n) is 8.78. The first-order chi connectivity index (χ1) is 7.31. The van der Waals surface area contributed by atoms with E-state index in [9.17, 15) is 0 Å². The van der Waals surface area contributed by atoms with E-state index in [4.69, 9.17) is 11.6 Å². The zero-order chi connectivity index (χ0) is 10.7. The van der Waals surface area contributed by atoms with Gasteiger partial charge in [-0.05, 0) is 23.4 Å². The first kappa shape index (κ1) is 10.5. The van der Waals surface area contributed by atoms with Crippen LogP contribution in [-0.4, -0.2) is 18.0 Å². The van der Waals surface area contributed by atoms with Crippen molar-refractivity contribution in [2.45, 2.75) is 6.54 Å². The minimum Gasteiger partial charge on any atom is -0.289 e. The zero-order valence-corrected chi connectivity index (χ0v) is 9.54. The molecule has 0 spiro atoms. The second-order valence-electron chi connectivity index (χ2n) is 3.77. The van der Waals surface area contributed by atoms with E-state index < -0.39 is 0 Å². The summed E-state index contributed by atoms with van der Waals surface area (Å²) in [5, 5.41) is 2.61. The van der Waals surface area contributed by atoms with Gasteiger partial charge >= 0.3 is 0 Å². The van der Waals surface area contributed by atoms with E-state index in [-0.39, 0.29) is 0 Å². The summed E-state index contributed by atoms with van der Waals surface area (Å²) in [4.78, 5) is 2.09. The monoisotopic (exact) mass is 219 g/mol. The summed E-state index contributed by atoms with van der Waals surface area (Å²) in [6, 6.07) is 15.4. The van der Waals surface area contributed by atoms with Gasteiger partial charge in [0.05, 0.1) is 6.00 Å². The number of hydrogen-bond donors (Lipinski definition) is 0. The number of fused-ring (bicyclic) bond motifs is 1. The molecule has 0 aliphatic heterocycles. The van der Waals surface area contributed by atoms with Gasteiger partial charge in [0, 0.05) is 6.54 Å². The van der Waals surface area contributed by atoms with Gasteiger partial charge in [0.15, 0.2) is 0 Å². The summed E-state index contributed by atoms with van der Waals surface area (Å²) in [5.41, 5.74) is 1.33. The Hall–Kier alpha value is -1.05. The van der Waals surface area contributed by atoms with Crippen molar-refractivity contribution in [3.8, 4) is 0 Å². The predicted octanol–water partition coefficient (Wildman–Crippen LogP) is 3.47. The van der Waals surface area contributed by atoms with Gasteiger partial charge in [-0.1, -0.05) is 42.5 Å². The smallest absolute Gasteiger partial charge is 0.0738 e. The van der Waals surface area contributed by atoms with Crippen molar-refractivity contribution in [1.29, 1.82) is 0 Å². The van der Waals surface area contributed by atoms with E-state index in [1.165, 1.54) is 16.3 Å². The van der Waals surface area contributed by atoms with Crippen LogP contribution in [0.15, 0.2) is 42.5 Å². The highest BCUT2D eigenvalue weighted by molar-refractivity contribution is 6.17. The first-order valence-electron chi connectivity index (χ1n) is 5.02. The Morgan fingerprint density at radius 1 is 1.07 bits per heavy atom. The third-order valence-corrected chi connectivity index (χ3v) is 2.93. The largest absolute Gasteiger partial charge is 0.289 e. The molecule has 0 bridgehead atoms. The average molecular weight is 220 g/mol. The van der Waals surface area contributed by atoms with Gasteiger partial charge in [-0.25, -0.2) is 0 Å². The molecule has 0 unspecified atom stereocenters. The van der Waals surface area contributed by atoms with Crippen LogP contribution in [0.5, 0.6) is 0 Å². The predicted molar refractivity (Wildman–Crippen MR) is 66.1 cm³/mol. The summed E-state index contributed by atoms with van der Waals surface area (Å²) in [6.07, 6.45) is 0. The van der Waals surface area contributed by atoms with Crippen LogP contribution in [0.1, 0.15) is 5.56 Å². The molecule has 0 aliphatic rings. The summed E-state index contributed by atoms with van der Waals surface area (Å²) >= 11 is 5.78. The lowest BCUT2D eigenvalue weighted by molar-refractivity contribution is 0.384. The van der Waals surface area contributed by atoms with Crippen molar-refractivity contribution in [3.63, 3.8) is 0 Å². The second kappa shape index (κ2) is 4.65. The molecule has 15 heavy (non-hydrogen) atoms. The van der Waals surface area contributed by atoms with Crippen LogP contribution >= 0.6 is 11.6 Å². The first-order valence-corrected chi connectivity index (χ1v) is 5.56. The summed E-state index contributed by atoms with van der Waals surface area (Å²) in [7, 11) is 2.02. The highest BCUT2D eigenvalue weighted by Crippen LogP contribution is 2.19. The third-order valence-electron chi connectivity index (χ3n) is 2.52. The molecule has 0 amide bonds. The molecule has 2 heteroatoms. The average Bonchev–Trinajstić information content (AvgIpc) is 2.29. The van der Waals surface area contributed by atoms with Crippen LogP contribution in [-0.2, 0) is 6.54 Å². The van der Waals surface area contributed by atoms with Crippen molar-refractivity contribution >= 4 is 22.4 Å². The van der Waals surface area contributed by atoms with Crippen molar-refractivity contribution in [1.82, 2.24) is 4.90 Å². The normalized spacial score (nSPS) is 11.1. The topological polar surface area (TPSA) is 3.24 Å². The molecule has 0 atom stereocenters. The van der Waals surface area contributed by atoms with Gasteiger partial charge in [0.25, 0.3) is 0 Å². The molecule has 2 rings (SSSR count). The molecular formula is C13H14ClN. The molecule has 0 fully saturated rings.